The number of hydrogen-bond acceptors (Lipinski definition) is 2. The summed E-state index contributed by atoms with van der Waals surface area (Å²) < 4.78 is 12.2. The van der Waals surface area contributed by atoms with Crippen LogP contribution in [0.4, 0.5) is 0 Å². The van der Waals surface area contributed by atoms with Gasteiger partial charge >= 0.3 is 0 Å². The fraction of sp³-hybridized carbons (Fsp3) is 0.381. The quantitative estimate of drug-likeness (QED) is 0.227. The summed E-state index contributed by atoms with van der Waals surface area (Å²) in [5.41, 5.74) is 2.46. The highest BCUT2D eigenvalue weighted by atomic mass is 127. The number of aliphatic imine (C=N–C) groups is 1. The zero-order valence-corrected chi connectivity index (χ0v) is 19.0. The highest BCUT2D eigenvalue weighted by molar-refractivity contribution is 14.0. The highest BCUT2D eigenvalue weighted by Gasteiger charge is 2.03. The topological polar surface area (TPSA) is 53.5 Å². The van der Waals surface area contributed by atoms with Crippen molar-refractivity contribution in [2.24, 2.45) is 4.99 Å². The van der Waals surface area contributed by atoms with E-state index in [0.717, 1.165) is 37.5 Å². The molecule has 0 heterocycles. The van der Waals surface area contributed by atoms with E-state index < -0.39 is 10.8 Å². The Morgan fingerprint density at radius 3 is 2.22 bits per heavy atom. The summed E-state index contributed by atoms with van der Waals surface area (Å²) in [6.07, 6.45) is 2.05. The zero-order valence-electron chi connectivity index (χ0n) is 15.9. The zero-order chi connectivity index (χ0) is 18.5. The smallest absolute Gasteiger partial charge is 0.191 e. The van der Waals surface area contributed by atoms with Gasteiger partial charge in [0, 0.05) is 41.9 Å². The molecule has 4 nitrogen and oxygen atoms in total. The van der Waals surface area contributed by atoms with Crippen LogP contribution in [0.3, 0.4) is 0 Å². The predicted octanol–water partition coefficient (Wildman–Crippen LogP) is 3.74. The first-order chi connectivity index (χ1) is 12.8. The molecule has 0 spiro atoms. The maximum atomic E-state index is 12.2. The molecule has 0 saturated heterocycles. The van der Waals surface area contributed by atoms with Gasteiger partial charge in [-0.15, -0.1) is 24.0 Å². The second-order valence-corrected chi connectivity index (χ2v) is 7.63. The lowest BCUT2D eigenvalue weighted by molar-refractivity contribution is 0.680. The molecule has 0 aliphatic carbocycles. The van der Waals surface area contributed by atoms with Crippen molar-refractivity contribution in [2.75, 3.05) is 25.4 Å². The Hall–Kier alpha value is -1.41. The van der Waals surface area contributed by atoms with Gasteiger partial charge in [0.05, 0.1) is 0 Å². The number of nitrogens with one attached hydrogen (secondary N) is 2. The Kier molecular flexibility index (Phi) is 12.8. The summed E-state index contributed by atoms with van der Waals surface area (Å²) in [6, 6.07) is 20.4. The molecular formula is C21H30IN3OS. The molecule has 0 amide bonds. The van der Waals surface area contributed by atoms with Gasteiger partial charge in [-0.05, 0) is 30.9 Å². The number of nitrogens with zero attached hydrogens (tertiary/aromatic N) is 1. The van der Waals surface area contributed by atoms with E-state index in [1.54, 1.807) is 0 Å². The van der Waals surface area contributed by atoms with Crippen molar-refractivity contribution in [1.82, 2.24) is 10.6 Å². The molecular weight excluding hydrogens is 469 g/mol. The molecule has 2 N–H and O–H groups in total. The normalized spacial score (nSPS) is 12.1. The standard InChI is InChI=1S/C21H29N3OS.HI/c1-2-22-21(23-15-9-14-19-10-5-3-6-11-19)24-16-17-26(25)18-20-12-7-4-8-13-20;/h3-8,10-13H,2,9,14-18H2,1H3,(H2,22,23,24);1H. The van der Waals surface area contributed by atoms with Crippen LogP contribution in [-0.4, -0.2) is 35.6 Å². The van der Waals surface area contributed by atoms with Gasteiger partial charge in [0.15, 0.2) is 5.96 Å². The molecule has 0 aliphatic heterocycles. The average molecular weight is 499 g/mol. The SMILES string of the molecule is CCNC(=NCCCc1ccccc1)NCCS(=O)Cc1ccccc1.I. The van der Waals surface area contributed by atoms with Crippen molar-refractivity contribution in [3.8, 4) is 0 Å². The van der Waals surface area contributed by atoms with Crippen LogP contribution in [-0.2, 0) is 23.0 Å². The van der Waals surface area contributed by atoms with Crippen LogP contribution in [0.5, 0.6) is 0 Å². The lowest BCUT2D eigenvalue weighted by Gasteiger charge is -2.11. The van der Waals surface area contributed by atoms with Crippen LogP contribution < -0.4 is 10.6 Å². The molecule has 0 aromatic heterocycles. The second-order valence-electron chi connectivity index (χ2n) is 6.05. The van der Waals surface area contributed by atoms with E-state index in [-0.39, 0.29) is 24.0 Å². The summed E-state index contributed by atoms with van der Waals surface area (Å²) in [4.78, 5) is 4.60. The molecule has 1 unspecified atom stereocenters. The second kappa shape index (κ2) is 14.6. The van der Waals surface area contributed by atoms with E-state index >= 15 is 0 Å². The van der Waals surface area contributed by atoms with Crippen molar-refractivity contribution in [3.63, 3.8) is 0 Å². The Morgan fingerprint density at radius 2 is 1.59 bits per heavy atom. The number of aryl methyl sites for hydroxylation is 1. The molecule has 148 valence electrons. The summed E-state index contributed by atoms with van der Waals surface area (Å²) in [6.45, 7) is 4.30. The first-order valence-electron chi connectivity index (χ1n) is 9.23. The molecule has 2 rings (SSSR count). The van der Waals surface area contributed by atoms with Gasteiger partial charge in [-0.25, -0.2) is 0 Å². The van der Waals surface area contributed by atoms with Crippen LogP contribution in [0.15, 0.2) is 65.7 Å². The number of benzene rings is 2. The van der Waals surface area contributed by atoms with Crippen LogP contribution in [0.1, 0.15) is 24.5 Å². The van der Waals surface area contributed by atoms with Crippen LogP contribution in [0.25, 0.3) is 0 Å². The van der Waals surface area contributed by atoms with Crippen molar-refractivity contribution in [1.29, 1.82) is 0 Å². The summed E-state index contributed by atoms with van der Waals surface area (Å²) in [7, 11) is -0.869. The lowest BCUT2D eigenvalue weighted by atomic mass is 10.1. The third-order valence-electron chi connectivity index (χ3n) is 3.87. The Balaban J connectivity index is 0.00000364. The molecule has 0 bridgehead atoms. The minimum Gasteiger partial charge on any atom is -0.357 e. The molecule has 0 fully saturated rings. The molecule has 1 atom stereocenters. The number of rotatable bonds is 10. The van der Waals surface area contributed by atoms with Gasteiger partial charge in [-0.1, -0.05) is 60.7 Å². The Bertz CT molecular complexity index is 680. The molecule has 6 heteroatoms. The molecule has 0 aliphatic rings. The fourth-order valence-corrected chi connectivity index (χ4v) is 3.61. The summed E-state index contributed by atoms with van der Waals surface area (Å²) in [5.74, 6) is 2.02. The van der Waals surface area contributed by atoms with Gasteiger partial charge in [0.1, 0.15) is 0 Å². The molecule has 0 saturated carbocycles. The van der Waals surface area contributed by atoms with Crippen LogP contribution >= 0.6 is 24.0 Å². The van der Waals surface area contributed by atoms with Gasteiger partial charge in [-0.3, -0.25) is 9.20 Å². The van der Waals surface area contributed by atoms with E-state index in [1.165, 1.54) is 5.56 Å². The third-order valence-corrected chi connectivity index (χ3v) is 5.19. The highest BCUT2D eigenvalue weighted by Crippen LogP contribution is 2.03. The van der Waals surface area contributed by atoms with Crippen LogP contribution in [0.2, 0.25) is 0 Å². The number of hydrogen-bond donors (Lipinski definition) is 2. The molecule has 2 aromatic rings. The first-order valence-corrected chi connectivity index (χ1v) is 10.7. The van der Waals surface area contributed by atoms with Crippen LogP contribution in [0, 0.1) is 0 Å². The van der Waals surface area contributed by atoms with E-state index in [9.17, 15) is 4.21 Å². The Morgan fingerprint density at radius 1 is 0.963 bits per heavy atom. The van der Waals surface area contributed by atoms with E-state index in [4.69, 9.17) is 0 Å². The number of halogens is 1. The molecule has 2 aromatic carbocycles. The average Bonchev–Trinajstić information content (AvgIpc) is 2.67. The van der Waals surface area contributed by atoms with Crippen molar-refractivity contribution in [3.05, 3.63) is 71.8 Å². The van der Waals surface area contributed by atoms with Crippen molar-refractivity contribution < 1.29 is 4.21 Å². The predicted molar refractivity (Wildman–Crippen MR) is 127 cm³/mol. The fourth-order valence-electron chi connectivity index (χ4n) is 2.58. The first kappa shape index (κ1) is 23.6. The van der Waals surface area contributed by atoms with Crippen molar-refractivity contribution >= 4 is 40.7 Å². The summed E-state index contributed by atoms with van der Waals surface area (Å²) >= 11 is 0. The summed E-state index contributed by atoms with van der Waals surface area (Å²) in [5, 5.41) is 6.53. The van der Waals surface area contributed by atoms with Gasteiger partial charge in [0.2, 0.25) is 0 Å². The van der Waals surface area contributed by atoms with Crippen molar-refractivity contribution in [2.45, 2.75) is 25.5 Å². The minimum absolute atomic E-state index is 0. The number of guanidine groups is 1. The molecule has 0 radical (unpaired) electrons. The van der Waals surface area contributed by atoms with Gasteiger partial charge < -0.3 is 10.6 Å². The maximum absolute atomic E-state index is 12.2. The van der Waals surface area contributed by atoms with Gasteiger partial charge in [0.25, 0.3) is 0 Å². The monoisotopic (exact) mass is 499 g/mol. The molecule has 27 heavy (non-hydrogen) atoms. The van der Waals surface area contributed by atoms with E-state index in [2.05, 4.69) is 46.8 Å². The largest absolute Gasteiger partial charge is 0.357 e. The van der Waals surface area contributed by atoms with Gasteiger partial charge in [-0.2, -0.15) is 0 Å². The van der Waals surface area contributed by atoms with E-state index in [1.807, 2.05) is 36.4 Å². The maximum Gasteiger partial charge on any atom is 0.191 e. The Labute approximate surface area is 182 Å². The lowest BCUT2D eigenvalue weighted by Crippen LogP contribution is -2.39. The minimum atomic E-state index is -0.869. The van der Waals surface area contributed by atoms with E-state index in [0.29, 0.717) is 18.1 Å². The third kappa shape index (κ3) is 10.5.